The summed E-state index contributed by atoms with van der Waals surface area (Å²) in [6.07, 6.45) is 4.88. The van der Waals surface area contributed by atoms with Crippen molar-refractivity contribution in [2.75, 3.05) is 0 Å². The van der Waals surface area contributed by atoms with Gasteiger partial charge in [-0.1, -0.05) is 5.92 Å². The minimum atomic E-state index is -0.895. The summed E-state index contributed by atoms with van der Waals surface area (Å²) in [7, 11) is 0. The molecule has 1 aromatic rings. The molecule has 0 spiro atoms. The van der Waals surface area contributed by atoms with Crippen LogP contribution in [-0.2, 0) is 0 Å². The molecule has 0 atom stereocenters. The molecule has 0 aromatic carbocycles. The van der Waals surface area contributed by atoms with Crippen LogP contribution >= 0.6 is 0 Å². The average molecular weight is 139 g/mol. The van der Waals surface area contributed by atoms with Crippen molar-refractivity contribution in [2.45, 2.75) is 0 Å². The summed E-state index contributed by atoms with van der Waals surface area (Å²) in [6, 6.07) is 1.98. The van der Waals surface area contributed by atoms with Gasteiger partial charge in [0.1, 0.15) is 0 Å². The first-order valence-electron chi connectivity index (χ1n) is 2.52. The molecule has 1 aromatic heterocycles. The van der Waals surface area contributed by atoms with Crippen LogP contribution in [-0.4, -0.2) is 4.98 Å². The van der Waals surface area contributed by atoms with Crippen LogP contribution < -0.4 is 0 Å². The van der Waals surface area contributed by atoms with Gasteiger partial charge in [-0.25, -0.2) is 0 Å². The Labute approximate surface area is 56.7 Å². The lowest BCUT2D eigenvalue weighted by molar-refractivity contribution is 0.512. The molecular formula is C7H3F2N. The van der Waals surface area contributed by atoms with Crippen LogP contribution in [0.5, 0.6) is 0 Å². The molecule has 0 aliphatic carbocycles. The molecule has 0 unspecified atom stereocenters. The van der Waals surface area contributed by atoms with Crippen LogP contribution in [0.4, 0.5) is 8.78 Å². The normalized spacial score (nSPS) is 8.90. The van der Waals surface area contributed by atoms with Crippen LogP contribution in [0.3, 0.4) is 0 Å². The molecule has 0 aliphatic heterocycles. The van der Waals surface area contributed by atoms with Gasteiger partial charge in [0, 0.05) is 17.7 Å². The minimum absolute atomic E-state index is 0.157. The quantitative estimate of drug-likeness (QED) is 0.390. The Kier molecular flexibility index (Phi) is 1.63. The first kappa shape index (κ1) is 6.69. The van der Waals surface area contributed by atoms with E-state index in [1.165, 1.54) is 0 Å². The molecule has 1 heterocycles. The van der Waals surface area contributed by atoms with E-state index in [0.717, 1.165) is 12.1 Å². The molecule has 0 radical (unpaired) electrons. The number of rotatable bonds is 0. The number of pyridine rings is 1. The van der Waals surface area contributed by atoms with Crippen LogP contribution in [0.1, 0.15) is 5.56 Å². The van der Waals surface area contributed by atoms with E-state index in [2.05, 4.69) is 10.9 Å². The third-order valence-electron chi connectivity index (χ3n) is 0.929. The van der Waals surface area contributed by atoms with Gasteiger partial charge < -0.3 is 0 Å². The highest BCUT2D eigenvalue weighted by atomic mass is 19.1. The van der Waals surface area contributed by atoms with Gasteiger partial charge in [-0.3, -0.25) is 0 Å². The van der Waals surface area contributed by atoms with E-state index >= 15 is 0 Å². The molecular weight excluding hydrogens is 136 g/mol. The third-order valence-corrected chi connectivity index (χ3v) is 0.929. The maximum atomic E-state index is 12.2. The number of halogens is 2. The molecule has 0 amide bonds. The van der Waals surface area contributed by atoms with Gasteiger partial charge in [-0.15, -0.1) is 6.42 Å². The second kappa shape index (κ2) is 2.44. The number of nitrogens with zero attached hydrogens (tertiary/aromatic N) is 1. The Hall–Kier alpha value is -1.43. The fourth-order valence-electron chi connectivity index (χ4n) is 0.548. The van der Waals surface area contributed by atoms with Gasteiger partial charge in [0.05, 0.1) is 0 Å². The van der Waals surface area contributed by atoms with Crippen molar-refractivity contribution in [3.63, 3.8) is 0 Å². The highest BCUT2D eigenvalue weighted by Gasteiger charge is 1.97. The summed E-state index contributed by atoms with van der Waals surface area (Å²) >= 11 is 0. The maximum absolute atomic E-state index is 12.2. The van der Waals surface area contributed by atoms with Crippen molar-refractivity contribution >= 4 is 0 Å². The lowest BCUT2D eigenvalue weighted by atomic mass is 10.3. The zero-order valence-corrected chi connectivity index (χ0v) is 4.94. The summed E-state index contributed by atoms with van der Waals surface area (Å²) in [4.78, 5) is 2.85. The summed E-state index contributed by atoms with van der Waals surface area (Å²) in [5, 5.41) is 0. The molecule has 0 saturated heterocycles. The van der Waals surface area contributed by atoms with Gasteiger partial charge in [-0.2, -0.15) is 13.8 Å². The van der Waals surface area contributed by atoms with Gasteiger partial charge >= 0.3 is 0 Å². The monoisotopic (exact) mass is 139 g/mol. The third kappa shape index (κ3) is 1.29. The summed E-state index contributed by atoms with van der Waals surface area (Å²) < 4.78 is 24.3. The largest absolute Gasteiger partial charge is 0.216 e. The molecule has 0 N–H and O–H groups in total. The minimum Gasteiger partial charge on any atom is -0.191 e. The van der Waals surface area contributed by atoms with Gasteiger partial charge in [-0.05, 0) is 0 Å². The van der Waals surface area contributed by atoms with E-state index in [0.29, 0.717) is 0 Å². The number of hydrogen-bond acceptors (Lipinski definition) is 1. The van der Waals surface area contributed by atoms with E-state index in [1.807, 2.05) is 0 Å². The molecule has 1 nitrogen and oxygen atoms in total. The van der Waals surface area contributed by atoms with Crippen molar-refractivity contribution in [2.24, 2.45) is 0 Å². The van der Waals surface area contributed by atoms with Crippen molar-refractivity contribution in [3.05, 3.63) is 29.6 Å². The summed E-state index contributed by atoms with van der Waals surface area (Å²) in [6.45, 7) is 0. The highest BCUT2D eigenvalue weighted by Crippen LogP contribution is 2.01. The van der Waals surface area contributed by atoms with Crippen LogP contribution in [0.2, 0.25) is 0 Å². The lowest BCUT2D eigenvalue weighted by Gasteiger charge is -1.89. The van der Waals surface area contributed by atoms with E-state index in [-0.39, 0.29) is 5.56 Å². The highest BCUT2D eigenvalue weighted by molar-refractivity contribution is 5.29. The lowest BCUT2D eigenvalue weighted by Crippen LogP contribution is -1.88. The maximum Gasteiger partial charge on any atom is 0.216 e. The van der Waals surface area contributed by atoms with E-state index in [9.17, 15) is 8.78 Å². The van der Waals surface area contributed by atoms with E-state index in [1.54, 1.807) is 0 Å². The first-order valence-corrected chi connectivity index (χ1v) is 2.52. The Morgan fingerprint density at radius 2 is 1.80 bits per heavy atom. The molecule has 0 aliphatic rings. The molecule has 0 bridgehead atoms. The van der Waals surface area contributed by atoms with Gasteiger partial charge in [0.2, 0.25) is 11.9 Å². The standard InChI is InChI=1S/C7H3F2N/c1-2-5-3-6(8)10-7(9)4-5/h1,3-4H. The zero-order valence-electron chi connectivity index (χ0n) is 4.94. The number of aromatic nitrogens is 1. The molecule has 3 heteroatoms. The summed E-state index contributed by atoms with van der Waals surface area (Å²) in [5.41, 5.74) is 0.157. The molecule has 1 rings (SSSR count). The fourth-order valence-corrected chi connectivity index (χ4v) is 0.548. The van der Waals surface area contributed by atoms with Crippen LogP contribution in [0, 0.1) is 24.2 Å². The fraction of sp³-hybridized carbons (Fsp3) is 0. The first-order chi connectivity index (χ1) is 4.72. The van der Waals surface area contributed by atoms with Crippen LogP contribution in [0.15, 0.2) is 12.1 Å². The van der Waals surface area contributed by atoms with Crippen molar-refractivity contribution in [1.82, 2.24) is 4.98 Å². The molecule has 10 heavy (non-hydrogen) atoms. The second-order valence-corrected chi connectivity index (χ2v) is 1.65. The van der Waals surface area contributed by atoms with Gasteiger partial charge in [0.25, 0.3) is 0 Å². The number of terminal acetylenes is 1. The average Bonchev–Trinajstić information content (AvgIpc) is 1.85. The summed E-state index contributed by atoms with van der Waals surface area (Å²) in [5.74, 6) is 0.298. The Morgan fingerprint density at radius 1 is 1.30 bits per heavy atom. The Balaban J connectivity index is 3.22. The topological polar surface area (TPSA) is 12.9 Å². The van der Waals surface area contributed by atoms with E-state index < -0.39 is 11.9 Å². The number of hydrogen-bond donors (Lipinski definition) is 0. The van der Waals surface area contributed by atoms with Gasteiger partial charge in [0.15, 0.2) is 0 Å². The SMILES string of the molecule is C#Cc1cc(F)nc(F)c1. The Bertz CT molecular complexity index is 268. The predicted octanol–water partition coefficient (Wildman–Crippen LogP) is 1.34. The zero-order chi connectivity index (χ0) is 7.56. The Morgan fingerprint density at radius 3 is 2.20 bits per heavy atom. The smallest absolute Gasteiger partial charge is 0.191 e. The molecule has 50 valence electrons. The van der Waals surface area contributed by atoms with E-state index in [4.69, 9.17) is 6.42 Å². The van der Waals surface area contributed by atoms with Crippen molar-refractivity contribution < 1.29 is 8.78 Å². The second-order valence-electron chi connectivity index (χ2n) is 1.65. The van der Waals surface area contributed by atoms with Crippen molar-refractivity contribution in [1.29, 1.82) is 0 Å². The predicted molar refractivity (Wildman–Crippen MR) is 32.1 cm³/mol. The molecule has 0 saturated carbocycles. The molecule has 0 fully saturated rings. The van der Waals surface area contributed by atoms with Crippen LogP contribution in [0.25, 0.3) is 0 Å². The van der Waals surface area contributed by atoms with Crippen molar-refractivity contribution in [3.8, 4) is 12.3 Å².